The minimum Gasteiger partial charge on any atom is -0.393 e. The van der Waals surface area contributed by atoms with Crippen LogP contribution < -0.4 is 0 Å². The summed E-state index contributed by atoms with van der Waals surface area (Å²) in [5, 5.41) is 20.5. The number of aliphatic hydroxyl groups is 2. The number of allylic oxidation sites excluding steroid dienone is 2. The third-order valence-corrected chi connectivity index (χ3v) is 21.2. The highest BCUT2D eigenvalue weighted by Gasteiger charge is 2.61. The lowest BCUT2D eigenvalue weighted by Gasteiger charge is -2.58. The molecular formula is C56H96O2. The molecule has 0 heterocycles. The van der Waals surface area contributed by atoms with Crippen LogP contribution in [0.1, 0.15) is 223 Å². The molecule has 16 atom stereocenters. The fourth-order valence-electron chi connectivity index (χ4n) is 17.9. The molecule has 6 fully saturated rings. The average molecular weight is 801 g/mol. The predicted molar refractivity (Wildman–Crippen MR) is 247 cm³/mol. The standard InChI is InChI=1S/2C28H48O/c2*1-6-20(9-7-8-19(2)3)24-12-13-25-23-11-10-21-18-22(29)14-16-27(21,4)26(23)15-17-28(24,25)5/h2*10,19-20,22-26,29H,6-9,11-18H2,1-5H3/t20-,22+,23+,24-,25+,26+,27+,28-;20-,22-,23-,24+,25-,26-,27-,28+/m10/s1. The summed E-state index contributed by atoms with van der Waals surface area (Å²) in [6.07, 6.45) is 37.3. The van der Waals surface area contributed by atoms with Crippen LogP contribution in [0.25, 0.3) is 0 Å². The van der Waals surface area contributed by atoms with Crippen molar-refractivity contribution in [1.82, 2.24) is 0 Å². The van der Waals surface area contributed by atoms with Crippen molar-refractivity contribution in [2.45, 2.75) is 236 Å². The molecule has 0 aromatic rings. The van der Waals surface area contributed by atoms with Gasteiger partial charge in [0, 0.05) is 0 Å². The van der Waals surface area contributed by atoms with Gasteiger partial charge in [0.05, 0.1) is 12.2 Å². The SMILES string of the molecule is CC[C@@H](CCCC(C)C)[C@H]1CC[C@H]2[C@@H]3CC=C4C[C@@H](O)CC[C@]4(C)[C@H]3CC[C@]12C.CC[C@H](CCCC(C)C)[C@H]1CC[C@H]2[C@@H]3CC=C4C[C@@H](O)CC[C@]4(C)[C@H]3CC[C@]12C. The van der Waals surface area contributed by atoms with Crippen LogP contribution in [0.15, 0.2) is 23.3 Å². The Morgan fingerprint density at radius 1 is 0.517 bits per heavy atom. The third kappa shape index (κ3) is 8.44. The molecule has 8 aliphatic carbocycles. The van der Waals surface area contributed by atoms with Gasteiger partial charge in [-0.2, -0.15) is 0 Å². The molecule has 0 radical (unpaired) electrons. The van der Waals surface area contributed by atoms with Crippen molar-refractivity contribution in [3.63, 3.8) is 0 Å². The molecule has 0 saturated heterocycles. The second-order valence-corrected chi connectivity index (χ2v) is 24.8. The van der Waals surface area contributed by atoms with Gasteiger partial charge in [-0.05, 0) is 195 Å². The summed E-state index contributed by atoms with van der Waals surface area (Å²) in [5.41, 5.74) is 5.21. The lowest BCUT2D eigenvalue weighted by molar-refractivity contribution is -0.0588. The Bertz CT molecular complexity index is 1320. The van der Waals surface area contributed by atoms with E-state index in [2.05, 4.69) is 81.4 Å². The smallest absolute Gasteiger partial charge is 0.0577 e. The topological polar surface area (TPSA) is 40.5 Å². The minimum atomic E-state index is -0.0771. The van der Waals surface area contributed by atoms with Crippen LogP contribution in [0, 0.1) is 92.7 Å². The minimum absolute atomic E-state index is 0.0771. The summed E-state index contributed by atoms with van der Waals surface area (Å²) >= 11 is 0. The fourth-order valence-corrected chi connectivity index (χ4v) is 17.9. The molecule has 2 nitrogen and oxygen atoms in total. The number of hydrogen-bond acceptors (Lipinski definition) is 2. The van der Waals surface area contributed by atoms with E-state index in [4.69, 9.17) is 0 Å². The van der Waals surface area contributed by atoms with Gasteiger partial charge in [-0.3, -0.25) is 0 Å². The molecule has 58 heavy (non-hydrogen) atoms. The monoisotopic (exact) mass is 801 g/mol. The highest BCUT2D eigenvalue weighted by atomic mass is 16.3. The van der Waals surface area contributed by atoms with Gasteiger partial charge in [0.15, 0.2) is 0 Å². The normalized spacial score (nSPS) is 45.3. The maximum atomic E-state index is 10.2. The third-order valence-electron chi connectivity index (χ3n) is 21.2. The molecule has 0 amide bonds. The van der Waals surface area contributed by atoms with Gasteiger partial charge >= 0.3 is 0 Å². The molecule has 8 rings (SSSR count). The van der Waals surface area contributed by atoms with E-state index >= 15 is 0 Å². The number of rotatable bonds is 12. The maximum absolute atomic E-state index is 10.2. The van der Waals surface area contributed by atoms with E-state index in [0.29, 0.717) is 21.7 Å². The van der Waals surface area contributed by atoms with Crippen LogP contribution in [0.2, 0.25) is 0 Å². The zero-order valence-corrected chi connectivity index (χ0v) is 40.1. The number of hydrogen-bond donors (Lipinski definition) is 2. The Morgan fingerprint density at radius 2 is 0.914 bits per heavy atom. The van der Waals surface area contributed by atoms with Gasteiger partial charge in [-0.25, -0.2) is 0 Å². The van der Waals surface area contributed by atoms with Crippen LogP contribution in [-0.4, -0.2) is 22.4 Å². The Kier molecular flexibility index (Phi) is 14.3. The van der Waals surface area contributed by atoms with Gasteiger partial charge in [-0.15, -0.1) is 0 Å². The first kappa shape index (κ1) is 45.4. The van der Waals surface area contributed by atoms with Crippen LogP contribution in [0.4, 0.5) is 0 Å². The first-order valence-corrected chi connectivity index (χ1v) is 26.3. The van der Waals surface area contributed by atoms with E-state index in [1.54, 1.807) is 11.1 Å². The van der Waals surface area contributed by atoms with Crippen molar-refractivity contribution in [2.75, 3.05) is 0 Å². The molecule has 0 aliphatic heterocycles. The Balaban J connectivity index is 0.000000177. The van der Waals surface area contributed by atoms with E-state index in [1.807, 2.05) is 0 Å². The molecular weight excluding hydrogens is 705 g/mol. The second kappa shape index (κ2) is 18.2. The van der Waals surface area contributed by atoms with E-state index < -0.39 is 0 Å². The molecule has 0 aromatic heterocycles. The zero-order valence-electron chi connectivity index (χ0n) is 40.1. The highest BCUT2D eigenvalue weighted by molar-refractivity contribution is 5.27. The predicted octanol–water partition coefficient (Wildman–Crippen LogP) is 15.6. The summed E-state index contributed by atoms with van der Waals surface area (Å²) in [7, 11) is 0. The first-order valence-electron chi connectivity index (χ1n) is 26.3. The number of aliphatic hydroxyl groups excluding tert-OH is 2. The lowest BCUT2D eigenvalue weighted by Crippen LogP contribution is -2.50. The zero-order chi connectivity index (χ0) is 41.6. The summed E-state index contributed by atoms with van der Waals surface area (Å²) in [5.74, 6) is 11.0. The first-order chi connectivity index (χ1) is 27.6. The molecule has 0 bridgehead atoms. The highest BCUT2D eigenvalue weighted by Crippen LogP contribution is 2.69. The van der Waals surface area contributed by atoms with E-state index in [-0.39, 0.29) is 12.2 Å². The van der Waals surface area contributed by atoms with Gasteiger partial charge < -0.3 is 10.2 Å². The van der Waals surface area contributed by atoms with Crippen molar-refractivity contribution in [1.29, 1.82) is 0 Å². The quantitative estimate of drug-likeness (QED) is 0.193. The number of fused-ring (bicyclic) bond motifs is 10. The molecule has 0 spiro atoms. The van der Waals surface area contributed by atoms with Crippen LogP contribution >= 0.6 is 0 Å². The van der Waals surface area contributed by atoms with Crippen molar-refractivity contribution < 1.29 is 10.2 Å². The maximum Gasteiger partial charge on any atom is 0.0577 e. The lowest BCUT2D eigenvalue weighted by atomic mass is 9.47. The van der Waals surface area contributed by atoms with Crippen LogP contribution in [0.5, 0.6) is 0 Å². The van der Waals surface area contributed by atoms with Crippen LogP contribution in [0.3, 0.4) is 0 Å². The van der Waals surface area contributed by atoms with E-state index in [9.17, 15) is 10.2 Å². The van der Waals surface area contributed by atoms with Crippen molar-refractivity contribution in [3.8, 4) is 0 Å². The molecule has 332 valence electrons. The van der Waals surface area contributed by atoms with E-state index in [0.717, 1.165) is 96.7 Å². The summed E-state index contributed by atoms with van der Waals surface area (Å²) < 4.78 is 0. The molecule has 2 N–H and O–H groups in total. The molecule has 2 heteroatoms. The summed E-state index contributed by atoms with van der Waals surface area (Å²) in [6.45, 7) is 25.0. The van der Waals surface area contributed by atoms with Gasteiger partial charge in [0.2, 0.25) is 0 Å². The van der Waals surface area contributed by atoms with E-state index in [1.165, 1.54) is 128 Å². The Morgan fingerprint density at radius 3 is 1.28 bits per heavy atom. The molecule has 0 aromatic carbocycles. The summed E-state index contributed by atoms with van der Waals surface area (Å²) in [6, 6.07) is 0. The summed E-state index contributed by atoms with van der Waals surface area (Å²) in [4.78, 5) is 0. The van der Waals surface area contributed by atoms with Crippen molar-refractivity contribution >= 4 is 0 Å². The average Bonchev–Trinajstić information content (AvgIpc) is 3.72. The van der Waals surface area contributed by atoms with Crippen molar-refractivity contribution in [3.05, 3.63) is 23.3 Å². The Labute approximate surface area is 360 Å². The molecule has 0 unspecified atom stereocenters. The van der Waals surface area contributed by atoms with Gasteiger partial charge in [0.25, 0.3) is 0 Å². The largest absolute Gasteiger partial charge is 0.393 e. The van der Waals surface area contributed by atoms with Crippen molar-refractivity contribution in [2.24, 2.45) is 92.7 Å². The molecule has 6 saturated carbocycles. The van der Waals surface area contributed by atoms with Crippen LogP contribution in [-0.2, 0) is 0 Å². The van der Waals surface area contributed by atoms with Gasteiger partial charge in [-0.1, -0.05) is 144 Å². The van der Waals surface area contributed by atoms with Gasteiger partial charge in [0.1, 0.15) is 0 Å². The Hall–Kier alpha value is -0.600. The fraction of sp³-hybridized carbons (Fsp3) is 0.929. The molecule has 8 aliphatic rings. The second-order valence-electron chi connectivity index (χ2n) is 24.8.